The van der Waals surface area contributed by atoms with Gasteiger partial charge in [-0.05, 0) is 97.8 Å². The molecule has 46 heavy (non-hydrogen) atoms. The van der Waals surface area contributed by atoms with Crippen molar-refractivity contribution in [1.82, 2.24) is 0 Å². The fourth-order valence-electron chi connectivity index (χ4n) is 4.67. The Morgan fingerprint density at radius 1 is 0.435 bits per heavy atom. The number of carbonyl (C=O) groups excluding carboxylic acids is 4. The molecule has 0 unspecified atom stereocenters. The molecule has 238 valence electrons. The molecule has 0 bridgehead atoms. The summed E-state index contributed by atoms with van der Waals surface area (Å²) in [6.07, 6.45) is 5.81. The lowest BCUT2D eigenvalue weighted by molar-refractivity contribution is -0.117. The van der Waals surface area contributed by atoms with E-state index in [0.717, 1.165) is 38.5 Å². The second kappa shape index (κ2) is 17.2. The molecule has 4 amide bonds. The number of benzene rings is 4. The average molecular weight is 627 g/mol. The van der Waals surface area contributed by atoms with Gasteiger partial charge in [0.15, 0.2) is 0 Å². The Kier molecular flexibility index (Phi) is 12.5. The van der Waals surface area contributed by atoms with Crippen molar-refractivity contribution in [3.05, 3.63) is 120 Å². The van der Waals surface area contributed by atoms with Gasteiger partial charge in [-0.2, -0.15) is 0 Å². The molecule has 0 aliphatic heterocycles. The van der Waals surface area contributed by atoms with Crippen molar-refractivity contribution in [3.8, 4) is 0 Å². The largest absolute Gasteiger partial charge is 0.326 e. The highest BCUT2D eigenvalue weighted by Gasteiger charge is 2.11. The molecular formula is C36H36F2N4O4. The molecule has 0 heterocycles. The maximum atomic E-state index is 13.1. The van der Waals surface area contributed by atoms with E-state index in [0.29, 0.717) is 46.7 Å². The molecule has 0 saturated carbocycles. The van der Waals surface area contributed by atoms with Gasteiger partial charge >= 0.3 is 0 Å². The highest BCUT2D eigenvalue weighted by atomic mass is 19.1. The van der Waals surface area contributed by atoms with Crippen LogP contribution in [0.2, 0.25) is 0 Å². The van der Waals surface area contributed by atoms with Crippen LogP contribution in [0.1, 0.15) is 72.1 Å². The van der Waals surface area contributed by atoms with E-state index in [-0.39, 0.29) is 23.6 Å². The summed E-state index contributed by atoms with van der Waals surface area (Å²) in [4.78, 5) is 49.8. The van der Waals surface area contributed by atoms with Crippen LogP contribution in [0, 0.1) is 11.6 Å². The third-order valence-electron chi connectivity index (χ3n) is 7.08. The van der Waals surface area contributed by atoms with Gasteiger partial charge in [-0.25, -0.2) is 8.78 Å². The molecule has 4 aromatic rings. The Morgan fingerprint density at radius 3 is 1.20 bits per heavy atom. The summed E-state index contributed by atoms with van der Waals surface area (Å²) in [7, 11) is 0. The average Bonchev–Trinajstić information content (AvgIpc) is 3.04. The maximum absolute atomic E-state index is 13.1. The Bertz CT molecular complexity index is 1520. The smallest absolute Gasteiger partial charge is 0.255 e. The molecule has 0 radical (unpaired) electrons. The number of nitrogens with one attached hydrogen (secondary N) is 4. The second-order valence-corrected chi connectivity index (χ2v) is 10.8. The van der Waals surface area contributed by atoms with Crippen molar-refractivity contribution in [1.29, 1.82) is 0 Å². The van der Waals surface area contributed by atoms with E-state index in [4.69, 9.17) is 0 Å². The van der Waals surface area contributed by atoms with Gasteiger partial charge in [-0.15, -0.1) is 0 Å². The van der Waals surface area contributed by atoms with Gasteiger partial charge in [0.2, 0.25) is 11.8 Å². The standard InChI is InChI=1S/C36H36F2N4O4/c37-27-15-19-29(20-16-27)41-35(45)25-9-7-11-31(23-25)39-33(43)13-5-3-1-2-4-6-14-34(44)40-32-12-8-10-26(24-32)36(46)42-30-21-17-28(38)18-22-30/h7-12,15-24H,1-6,13-14H2,(H,39,43)(H,40,44)(H,41,45)(H,42,46). The summed E-state index contributed by atoms with van der Waals surface area (Å²) in [5.41, 5.74) is 2.73. The Labute approximate surface area is 266 Å². The summed E-state index contributed by atoms with van der Waals surface area (Å²) >= 11 is 0. The summed E-state index contributed by atoms with van der Waals surface area (Å²) in [5.74, 6) is -1.78. The van der Waals surface area contributed by atoms with E-state index in [1.807, 2.05) is 0 Å². The Morgan fingerprint density at radius 2 is 0.804 bits per heavy atom. The fourth-order valence-corrected chi connectivity index (χ4v) is 4.67. The van der Waals surface area contributed by atoms with Crippen molar-refractivity contribution in [2.75, 3.05) is 21.3 Å². The molecule has 0 spiro atoms. The topological polar surface area (TPSA) is 116 Å². The first-order chi connectivity index (χ1) is 22.2. The Balaban J connectivity index is 1.07. The van der Waals surface area contributed by atoms with Crippen molar-refractivity contribution >= 4 is 46.4 Å². The lowest BCUT2D eigenvalue weighted by Gasteiger charge is -2.09. The number of hydrogen-bond acceptors (Lipinski definition) is 4. The number of unbranched alkanes of at least 4 members (excludes halogenated alkanes) is 5. The third kappa shape index (κ3) is 11.3. The predicted octanol–water partition coefficient (Wildman–Crippen LogP) is 8.17. The van der Waals surface area contributed by atoms with Crippen LogP contribution < -0.4 is 21.3 Å². The van der Waals surface area contributed by atoms with Crippen LogP contribution in [0.3, 0.4) is 0 Å². The van der Waals surface area contributed by atoms with E-state index in [2.05, 4.69) is 21.3 Å². The molecule has 0 aromatic heterocycles. The zero-order valence-corrected chi connectivity index (χ0v) is 25.3. The first-order valence-electron chi connectivity index (χ1n) is 15.2. The van der Waals surface area contributed by atoms with Crippen LogP contribution in [0.4, 0.5) is 31.5 Å². The van der Waals surface area contributed by atoms with Crippen molar-refractivity contribution in [3.63, 3.8) is 0 Å². The summed E-state index contributed by atoms with van der Waals surface area (Å²) in [6.45, 7) is 0. The number of amides is 4. The monoisotopic (exact) mass is 626 g/mol. The van der Waals surface area contributed by atoms with Gasteiger partial charge < -0.3 is 21.3 Å². The highest BCUT2D eigenvalue weighted by molar-refractivity contribution is 6.06. The van der Waals surface area contributed by atoms with E-state index < -0.39 is 11.6 Å². The minimum absolute atomic E-state index is 0.134. The minimum Gasteiger partial charge on any atom is -0.326 e. The molecule has 10 heteroatoms. The lowest BCUT2D eigenvalue weighted by Crippen LogP contribution is -2.14. The quantitative estimate of drug-likeness (QED) is 0.0996. The predicted molar refractivity (Wildman–Crippen MR) is 176 cm³/mol. The third-order valence-corrected chi connectivity index (χ3v) is 7.08. The lowest BCUT2D eigenvalue weighted by atomic mass is 10.1. The first kappa shape index (κ1) is 33.5. The number of anilines is 4. The molecule has 8 nitrogen and oxygen atoms in total. The molecule has 4 rings (SSSR count). The van der Waals surface area contributed by atoms with Crippen LogP contribution in [0.25, 0.3) is 0 Å². The summed E-state index contributed by atoms with van der Waals surface area (Å²) < 4.78 is 26.2. The highest BCUT2D eigenvalue weighted by Crippen LogP contribution is 2.17. The number of carbonyl (C=O) groups is 4. The molecule has 0 saturated heterocycles. The molecule has 0 atom stereocenters. The summed E-state index contributed by atoms with van der Waals surface area (Å²) in [5, 5.41) is 11.0. The maximum Gasteiger partial charge on any atom is 0.255 e. The van der Waals surface area contributed by atoms with Crippen LogP contribution >= 0.6 is 0 Å². The molecule has 0 fully saturated rings. The van der Waals surface area contributed by atoms with Crippen molar-refractivity contribution in [2.24, 2.45) is 0 Å². The van der Waals surface area contributed by atoms with Gasteiger partial charge in [0.1, 0.15) is 11.6 Å². The molecule has 4 N–H and O–H groups in total. The fraction of sp³-hybridized carbons (Fsp3) is 0.222. The number of halogens is 2. The normalized spacial score (nSPS) is 10.6. The zero-order valence-electron chi connectivity index (χ0n) is 25.3. The van der Waals surface area contributed by atoms with Crippen LogP contribution in [0.5, 0.6) is 0 Å². The van der Waals surface area contributed by atoms with E-state index >= 15 is 0 Å². The second-order valence-electron chi connectivity index (χ2n) is 10.8. The SMILES string of the molecule is O=C(CCCCCCCCC(=O)Nc1cccc(C(=O)Nc2ccc(F)cc2)c1)Nc1cccc(C(=O)Nc2ccc(F)cc2)c1. The zero-order chi connectivity index (χ0) is 32.7. The van der Waals surface area contributed by atoms with Crippen molar-refractivity contribution in [2.45, 2.75) is 51.4 Å². The first-order valence-corrected chi connectivity index (χ1v) is 15.2. The number of hydrogen-bond donors (Lipinski definition) is 4. The van der Waals surface area contributed by atoms with Gasteiger partial charge in [0, 0.05) is 46.7 Å². The Hall–Kier alpha value is -5.38. The van der Waals surface area contributed by atoms with E-state index in [1.54, 1.807) is 48.5 Å². The van der Waals surface area contributed by atoms with Crippen LogP contribution in [-0.2, 0) is 9.59 Å². The summed E-state index contributed by atoms with van der Waals surface area (Å²) in [6, 6.07) is 24.2. The van der Waals surface area contributed by atoms with Crippen LogP contribution in [-0.4, -0.2) is 23.6 Å². The molecule has 4 aromatic carbocycles. The molecular weight excluding hydrogens is 590 g/mol. The van der Waals surface area contributed by atoms with Crippen LogP contribution in [0.15, 0.2) is 97.1 Å². The van der Waals surface area contributed by atoms with Gasteiger partial charge in [-0.3, -0.25) is 19.2 Å². The van der Waals surface area contributed by atoms with Crippen molar-refractivity contribution < 1.29 is 28.0 Å². The van der Waals surface area contributed by atoms with E-state index in [1.165, 1.54) is 48.5 Å². The number of rotatable bonds is 15. The minimum atomic E-state index is -0.391. The van der Waals surface area contributed by atoms with Gasteiger partial charge in [0.05, 0.1) is 0 Å². The molecule has 0 aliphatic carbocycles. The molecule has 0 aliphatic rings. The van der Waals surface area contributed by atoms with Gasteiger partial charge in [0.25, 0.3) is 11.8 Å². The van der Waals surface area contributed by atoms with Gasteiger partial charge in [-0.1, -0.05) is 37.8 Å². The van der Waals surface area contributed by atoms with E-state index in [9.17, 15) is 28.0 Å².